The van der Waals surface area contributed by atoms with Gasteiger partial charge in [-0.05, 0) is 37.1 Å². The summed E-state index contributed by atoms with van der Waals surface area (Å²) in [6, 6.07) is 5.35. The lowest BCUT2D eigenvalue weighted by Crippen LogP contribution is -2.39. The van der Waals surface area contributed by atoms with Gasteiger partial charge in [0.05, 0.1) is 12.1 Å². The van der Waals surface area contributed by atoms with E-state index in [2.05, 4.69) is 0 Å². The first kappa shape index (κ1) is 14.5. The first-order chi connectivity index (χ1) is 9.38. The largest absolute Gasteiger partial charge is 0.478 e. The second-order valence-electron chi connectivity index (χ2n) is 5.53. The van der Waals surface area contributed by atoms with Gasteiger partial charge in [-0.25, -0.2) is 4.79 Å². The zero-order valence-electron chi connectivity index (χ0n) is 12.1. The molecule has 0 fully saturated rings. The Morgan fingerprint density at radius 1 is 1.30 bits per heavy atom. The fourth-order valence-corrected chi connectivity index (χ4v) is 2.30. The smallest absolute Gasteiger partial charge is 0.335 e. The number of nitrogens with zero attached hydrogens (tertiary/aromatic N) is 2. The third kappa shape index (κ3) is 2.99. The lowest BCUT2D eigenvalue weighted by atomic mass is 10.1. The number of hydrogen-bond acceptors (Lipinski definition) is 3. The molecule has 0 aliphatic carbocycles. The minimum atomic E-state index is -0.915. The number of amides is 1. The van der Waals surface area contributed by atoms with E-state index in [1.54, 1.807) is 24.1 Å². The van der Waals surface area contributed by atoms with Gasteiger partial charge in [0.25, 0.3) is 0 Å². The van der Waals surface area contributed by atoms with Crippen LogP contribution in [0, 0.1) is 0 Å². The summed E-state index contributed by atoms with van der Waals surface area (Å²) in [6.45, 7) is 5.67. The Labute approximate surface area is 118 Å². The molecule has 5 heteroatoms. The molecular formula is C15H20N2O3. The van der Waals surface area contributed by atoms with Crippen LogP contribution in [0.4, 0.5) is 0 Å². The average molecular weight is 276 g/mol. The number of rotatable bonds is 4. The van der Waals surface area contributed by atoms with Crippen LogP contribution in [0.3, 0.4) is 0 Å². The zero-order valence-corrected chi connectivity index (χ0v) is 12.1. The average Bonchev–Trinajstić information content (AvgIpc) is 2.78. The summed E-state index contributed by atoms with van der Waals surface area (Å²) in [5.41, 5.74) is 2.41. The lowest BCUT2D eigenvalue weighted by Gasteiger charge is -2.24. The molecule has 108 valence electrons. The van der Waals surface area contributed by atoms with Gasteiger partial charge in [0.1, 0.15) is 0 Å². The molecule has 1 aliphatic rings. The Morgan fingerprint density at radius 3 is 2.55 bits per heavy atom. The molecule has 2 rings (SSSR count). The van der Waals surface area contributed by atoms with Crippen molar-refractivity contribution in [2.75, 3.05) is 13.6 Å². The van der Waals surface area contributed by atoms with Crippen LogP contribution in [0.5, 0.6) is 0 Å². The Bertz CT molecular complexity index is 540. The monoisotopic (exact) mass is 276 g/mol. The molecule has 1 N–H and O–H groups in total. The van der Waals surface area contributed by atoms with Crippen LogP contribution in [-0.4, -0.2) is 46.4 Å². The number of fused-ring (bicyclic) bond motifs is 1. The van der Waals surface area contributed by atoms with Gasteiger partial charge < -0.3 is 10.0 Å². The number of likely N-dealkylation sites (N-methyl/N-ethyl adjacent to an activating group) is 1. The molecule has 0 spiro atoms. The highest BCUT2D eigenvalue weighted by Gasteiger charge is 2.23. The lowest BCUT2D eigenvalue weighted by molar-refractivity contribution is -0.132. The molecule has 0 aromatic heterocycles. The van der Waals surface area contributed by atoms with Gasteiger partial charge in [-0.3, -0.25) is 9.69 Å². The summed E-state index contributed by atoms with van der Waals surface area (Å²) < 4.78 is 0. The molecule has 20 heavy (non-hydrogen) atoms. The number of carboxylic acid groups (broad SMARTS) is 1. The predicted molar refractivity (Wildman–Crippen MR) is 75.4 cm³/mol. The second-order valence-corrected chi connectivity index (χ2v) is 5.53. The molecule has 1 aromatic rings. The van der Waals surface area contributed by atoms with Crippen LogP contribution in [0.15, 0.2) is 18.2 Å². The maximum Gasteiger partial charge on any atom is 0.335 e. The summed E-state index contributed by atoms with van der Waals surface area (Å²) in [5.74, 6) is -0.826. The topological polar surface area (TPSA) is 60.9 Å². The van der Waals surface area contributed by atoms with Crippen LogP contribution in [0.2, 0.25) is 0 Å². The van der Waals surface area contributed by atoms with Gasteiger partial charge in [-0.1, -0.05) is 6.07 Å². The van der Waals surface area contributed by atoms with E-state index in [1.165, 1.54) is 0 Å². The van der Waals surface area contributed by atoms with E-state index < -0.39 is 5.97 Å². The summed E-state index contributed by atoms with van der Waals surface area (Å²) in [4.78, 5) is 26.8. The van der Waals surface area contributed by atoms with Crippen LogP contribution < -0.4 is 0 Å². The van der Waals surface area contributed by atoms with Crippen molar-refractivity contribution in [3.05, 3.63) is 34.9 Å². The number of carboxylic acids is 1. The number of benzene rings is 1. The van der Waals surface area contributed by atoms with Crippen LogP contribution in [0.1, 0.15) is 35.3 Å². The predicted octanol–water partition coefficient (Wildman–Crippen LogP) is 1.57. The standard InChI is InChI=1S/C15H20N2O3/c1-10(2)16(3)14(18)9-17-7-12-5-4-11(15(19)20)6-13(12)8-17/h4-6,10H,7-9H2,1-3H3,(H,19,20). The van der Waals surface area contributed by atoms with Gasteiger partial charge in [-0.15, -0.1) is 0 Å². The Balaban J connectivity index is 2.03. The van der Waals surface area contributed by atoms with E-state index in [0.29, 0.717) is 25.2 Å². The van der Waals surface area contributed by atoms with Crippen molar-refractivity contribution in [1.82, 2.24) is 9.80 Å². The van der Waals surface area contributed by atoms with Crippen molar-refractivity contribution in [1.29, 1.82) is 0 Å². The Kier molecular flexibility index (Phi) is 4.09. The quantitative estimate of drug-likeness (QED) is 0.906. The van der Waals surface area contributed by atoms with E-state index in [-0.39, 0.29) is 11.9 Å². The summed E-state index contributed by atoms with van der Waals surface area (Å²) in [7, 11) is 1.80. The van der Waals surface area contributed by atoms with E-state index >= 15 is 0 Å². The number of aromatic carboxylic acids is 1. The third-order valence-corrected chi connectivity index (χ3v) is 3.77. The van der Waals surface area contributed by atoms with E-state index in [0.717, 1.165) is 11.1 Å². The van der Waals surface area contributed by atoms with Crippen molar-refractivity contribution >= 4 is 11.9 Å². The first-order valence-corrected chi connectivity index (χ1v) is 6.71. The third-order valence-electron chi connectivity index (χ3n) is 3.77. The molecular weight excluding hydrogens is 256 g/mol. The molecule has 1 aliphatic heterocycles. The molecule has 1 aromatic carbocycles. The summed E-state index contributed by atoms with van der Waals surface area (Å²) in [5, 5.41) is 8.99. The van der Waals surface area contributed by atoms with Crippen molar-refractivity contribution in [2.45, 2.75) is 33.0 Å². The van der Waals surface area contributed by atoms with Crippen LogP contribution in [0.25, 0.3) is 0 Å². The molecule has 1 amide bonds. The maximum atomic E-state index is 12.1. The molecule has 0 unspecified atom stereocenters. The summed E-state index contributed by atoms with van der Waals surface area (Å²) >= 11 is 0. The van der Waals surface area contributed by atoms with Crippen molar-refractivity contribution in [3.63, 3.8) is 0 Å². The van der Waals surface area contributed by atoms with E-state index in [1.807, 2.05) is 24.8 Å². The SMILES string of the molecule is CC(C)N(C)C(=O)CN1Cc2ccc(C(=O)O)cc2C1. The normalized spacial score (nSPS) is 14.4. The number of carbonyl (C=O) groups excluding carboxylic acids is 1. The Morgan fingerprint density at radius 2 is 1.95 bits per heavy atom. The van der Waals surface area contributed by atoms with Gasteiger partial charge in [0, 0.05) is 26.2 Å². The van der Waals surface area contributed by atoms with Gasteiger partial charge >= 0.3 is 5.97 Å². The second kappa shape index (κ2) is 5.63. The molecule has 0 bridgehead atoms. The number of hydrogen-bond donors (Lipinski definition) is 1. The zero-order chi connectivity index (χ0) is 14.9. The first-order valence-electron chi connectivity index (χ1n) is 6.71. The fraction of sp³-hybridized carbons (Fsp3) is 0.467. The van der Waals surface area contributed by atoms with Crippen LogP contribution in [-0.2, 0) is 17.9 Å². The minimum Gasteiger partial charge on any atom is -0.478 e. The van der Waals surface area contributed by atoms with E-state index in [9.17, 15) is 9.59 Å². The van der Waals surface area contributed by atoms with E-state index in [4.69, 9.17) is 5.11 Å². The van der Waals surface area contributed by atoms with Crippen molar-refractivity contribution in [2.24, 2.45) is 0 Å². The molecule has 0 saturated carbocycles. The number of carbonyl (C=O) groups is 2. The minimum absolute atomic E-state index is 0.0891. The molecule has 0 atom stereocenters. The van der Waals surface area contributed by atoms with Crippen molar-refractivity contribution in [3.8, 4) is 0 Å². The van der Waals surface area contributed by atoms with Gasteiger partial charge in [-0.2, -0.15) is 0 Å². The molecule has 5 nitrogen and oxygen atoms in total. The van der Waals surface area contributed by atoms with Crippen molar-refractivity contribution < 1.29 is 14.7 Å². The highest BCUT2D eigenvalue weighted by molar-refractivity contribution is 5.88. The van der Waals surface area contributed by atoms with Gasteiger partial charge in [0.15, 0.2) is 0 Å². The fourth-order valence-electron chi connectivity index (χ4n) is 2.30. The highest BCUT2D eigenvalue weighted by Crippen LogP contribution is 2.23. The maximum absolute atomic E-state index is 12.1. The Hall–Kier alpha value is -1.88. The molecule has 1 heterocycles. The molecule has 0 saturated heterocycles. The highest BCUT2D eigenvalue weighted by atomic mass is 16.4. The summed E-state index contributed by atoms with van der Waals surface area (Å²) in [6.07, 6.45) is 0. The van der Waals surface area contributed by atoms with Crippen LogP contribution >= 0.6 is 0 Å². The van der Waals surface area contributed by atoms with Gasteiger partial charge in [0.2, 0.25) is 5.91 Å². The molecule has 0 radical (unpaired) electrons.